The second-order valence-electron chi connectivity index (χ2n) is 1.81. The van der Waals surface area contributed by atoms with Gasteiger partial charge in [-0.25, -0.2) is 0 Å². The number of hydrogen-bond donors (Lipinski definition) is 0. The lowest BCUT2D eigenvalue weighted by Gasteiger charge is -1.90. The minimum Gasteiger partial charge on any atom is -0.0991 e. The molecule has 0 N–H and O–H groups in total. The lowest BCUT2D eigenvalue weighted by Crippen LogP contribution is -1.69. The van der Waals surface area contributed by atoms with E-state index in [4.69, 9.17) is 0 Å². The second kappa shape index (κ2) is 5.36. The van der Waals surface area contributed by atoms with E-state index in [-0.39, 0.29) is 0 Å². The van der Waals surface area contributed by atoms with Crippen molar-refractivity contribution in [2.75, 3.05) is 0 Å². The molecule has 9 heavy (non-hydrogen) atoms. The molecule has 0 atom stereocenters. The Balaban J connectivity index is 3.84. The van der Waals surface area contributed by atoms with E-state index in [0.29, 0.717) is 0 Å². The Hall–Kier alpha value is -0.780. The smallest absolute Gasteiger partial charge is 0.0311 e. The monoisotopic (exact) mass is 122 g/mol. The fraction of sp³-hybridized carbons (Fsp3) is 0.333. The van der Waals surface area contributed by atoms with Crippen LogP contribution in [0, 0.1) is 0 Å². The first-order chi connectivity index (χ1) is 4.35. The molecular formula is C9H14. The van der Waals surface area contributed by atoms with Gasteiger partial charge in [-0.15, -0.1) is 0 Å². The summed E-state index contributed by atoms with van der Waals surface area (Å²) in [6.45, 7) is 7.78. The molecule has 0 aromatic heterocycles. The molecule has 0 amide bonds. The number of rotatable bonds is 3. The minimum atomic E-state index is 1.10. The van der Waals surface area contributed by atoms with E-state index in [1.54, 1.807) is 6.08 Å². The Morgan fingerprint density at radius 2 is 2.22 bits per heavy atom. The van der Waals surface area contributed by atoms with Gasteiger partial charge in [0.05, 0.1) is 0 Å². The molecule has 0 nitrogen and oxygen atoms in total. The summed E-state index contributed by atoms with van der Waals surface area (Å²) in [7, 11) is 0. The van der Waals surface area contributed by atoms with Gasteiger partial charge in [0.25, 0.3) is 0 Å². The van der Waals surface area contributed by atoms with E-state index in [9.17, 15) is 0 Å². The lowest BCUT2D eigenvalue weighted by atomic mass is 10.2. The highest BCUT2D eigenvalue weighted by atomic mass is 13.9. The van der Waals surface area contributed by atoms with Crippen LogP contribution in [0.4, 0.5) is 0 Å². The second-order valence-corrected chi connectivity index (χ2v) is 1.81. The topological polar surface area (TPSA) is 0 Å². The first-order valence-corrected chi connectivity index (χ1v) is 3.29. The molecule has 0 spiro atoms. The first-order valence-electron chi connectivity index (χ1n) is 3.29. The van der Waals surface area contributed by atoms with Gasteiger partial charge in [0.2, 0.25) is 0 Å². The fourth-order valence-corrected chi connectivity index (χ4v) is 0.610. The van der Waals surface area contributed by atoms with E-state index in [2.05, 4.69) is 25.7 Å². The Morgan fingerprint density at radius 1 is 1.56 bits per heavy atom. The largest absolute Gasteiger partial charge is 0.0991 e. The summed E-state index contributed by atoms with van der Waals surface area (Å²) in [5.74, 6) is 0. The van der Waals surface area contributed by atoms with Gasteiger partial charge in [-0.1, -0.05) is 43.4 Å². The molecule has 0 aromatic rings. The summed E-state index contributed by atoms with van der Waals surface area (Å²) in [5.41, 5.74) is 1.36. The van der Waals surface area contributed by atoms with Gasteiger partial charge in [-0.05, 0) is 13.3 Å². The highest BCUT2D eigenvalue weighted by molar-refractivity contribution is 5.20. The van der Waals surface area contributed by atoms with E-state index in [0.717, 1.165) is 6.42 Å². The van der Waals surface area contributed by atoms with E-state index in [1.165, 1.54) is 5.57 Å². The van der Waals surface area contributed by atoms with Crippen LogP contribution in [0.3, 0.4) is 0 Å². The Kier molecular flexibility index (Phi) is 4.89. The molecule has 0 aliphatic heterocycles. The Bertz CT molecular complexity index is 127. The van der Waals surface area contributed by atoms with E-state index in [1.807, 2.05) is 13.0 Å². The number of hydrogen-bond acceptors (Lipinski definition) is 0. The third kappa shape index (κ3) is 3.77. The molecule has 50 valence electrons. The van der Waals surface area contributed by atoms with Crippen LogP contribution in [0.2, 0.25) is 0 Å². The van der Waals surface area contributed by atoms with Crippen molar-refractivity contribution < 1.29 is 0 Å². The van der Waals surface area contributed by atoms with Gasteiger partial charge in [0, 0.05) is 0 Å². The summed E-state index contributed by atoms with van der Waals surface area (Å²) in [6, 6.07) is 0. The normalized spacial score (nSPS) is 12.4. The van der Waals surface area contributed by atoms with Crippen LogP contribution in [0.25, 0.3) is 0 Å². The van der Waals surface area contributed by atoms with Crippen molar-refractivity contribution in [3.63, 3.8) is 0 Å². The molecule has 0 bridgehead atoms. The van der Waals surface area contributed by atoms with Crippen LogP contribution in [-0.2, 0) is 0 Å². The van der Waals surface area contributed by atoms with Crippen LogP contribution in [0.5, 0.6) is 0 Å². The summed E-state index contributed by atoms with van der Waals surface area (Å²) in [6.07, 6.45) is 9.03. The van der Waals surface area contributed by atoms with Crippen LogP contribution in [0.1, 0.15) is 20.3 Å². The predicted molar refractivity (Wildman–Crippen MR) is 43.4 cm³/mol. The molecule has 0 aliphatic rings. The summed E-state index contributed by atoms with van der Waals surface area (Å²) < 4.78 is 0. The molecule has 0 saturated heterocycles. The predicted octanol–water partition coefficient (Wildman–Crippen LogP) is 3.08. The van der Waals surface area contributed by atoms with E-state index >= 15 is 0 Å². The van der Waals surface area contributed by atoms with Gasteiger partial charge >= 0.3 is 0 Å². The molecule has 0 heteroatoms. The van der Waals surface area contributed by atoms with Crippen molar-refractivity contribution in [1.82, 2.24) is 0 Å². The van der Waals surface area contributed by atoms with E-state index < -0.39 is 0 Å². The fourth-order valence-electron chi connectivity index (χ4n) is 0.610. The highest BCUT2D eigenvalue weighted by Crippen LogP contribution is 2.00. The summed E-state index contributed by atoms with van der Waals surface area (Å²) >= 11 is 0. The van der Waals surface area contributed by atoms with Gasteiger partial charge in [0.1, 0.15) is 0 Å². The highest BCUT2D eigenvalue weighted by Gasteiger charge is 1.80. The van der Waals surface area contributed by atoms with Crippen molar-refractivity contribution in [3.05, 3.63) is 36.5 Å². The molecule has 0 aliphatic carbocycles. The third-order valence-corrected chi connectivity index (χ3v) is 1.23. The average molecular weight is 122 g/mol. The molecular weight excluding hydrogens is 108 g/mol. The zero-order chi connectivity index (χ0) is 7.11. The van der Waals surface area contributed by atoms with Crippen molar-refractivity contribution in [3.8, 4) is 0 Å². The van der Waals surface area contributed by atoms with Gasteiger partial charge in [-0.3, -0.25) is 0 Å². The summed E-state index contributed by atoms with van der Waals surface area (Å²) in [5, 5.41) is 0. The van der Waals surface area contributed by atoms with Crippen LogP contribution < -0.4 is 0 Å². The zero-order valence-electron chi connectivity index (χ0n) is 6.22. The average Bonchev–Trinajstić information content (AvgIpc) is 1.91. The molecule has 0 rings (SSSR count). The Labute approximate surface area is 57.6 Å². The van der Waals surface area contributed by atoms with Gasteiger partial charge in [0.15, 0.2) is 0 Å². The zero-order valence-corrected chi connectivity index (χ0v) is 6.22. The maximum Gasteiger partial charge on any atom is -0.0311 e. The third-order valence-electron chi connectivity index (χ3n) is 1.23. The number of allylic oxidation sites excluding steroid dienone is 5. The quantitative estimate of drug-likeness (QED) is 0.504. The maximum atomic E-state index is 3.59. The van der Waals surface area contributed by atoms with Crippen LogP contribution in [-0.4, -0.2) is 0 Å². The molecule has 0 fully saturated rings. The van der Waals surface area contributed by atoms with Crippen LogP contribution in [0.15, 0.2) is 36.5 Å². The molecule has 0 radical (unpaired) electrons. The van der Waals surface area contributed by atoms with Gasteiger partial charge in [-0.2, -0.15) is 0 Å². The van der Waals surface area contributed by atoms with Crippen molar-refractivity contribution >= 4 is 0 Å². The molecule has 0 heterocycles. The molecule has 0 aromatic carbocycles. The lowest BCUT2D eigenvalue weighted by molar-refractivity contribution is 1.14. The molecule has 0 unspecified atom stereocenters. The standard InChI is InChI=1S/C9H14/c1-4-7-8-9(5-2)6-3/h4-5,7-8H,1,6H2,2-3H3/b8-7+,9-5+. The summed E-state index contributed by atoms with van der Waals surface area (Å²) in [4.78, 5) is 0. The first kappa shape index (κ1) is 8.22. The minimum absolute atomic E-state index is 1.10. The SMILES string of the molecule is C=C/C=C/C(=C/C)CC. The Morgan fingerprint density at radius 3 is 2.56 bits per heavy atom. The van der Waals surface area contributed by atoms with Crippen molar-refractivity contribution in [2.24, 2.45) is 0 Å². The van der Waals surface area contributed by atoms with Crippen LogP contribution >= 0.6 is 0 Å². The van der Waals surface area contributed by atoms with Gasteiger partial charge < -0.3 is 0 Å². The van der Waals surface area contributed by atoms with Crippen molar-refractivity contribution in [2.45, 2.75) is 20.3 Å². The van der Waals surface area contributed by atoms with Crippen molar-refractivity contribution in [1.29, 1.82) is 0 Å². The molecule has 0 saturated carbocycles. The maximum absolute atomic E-state index is 3.59.